The molecule has 0 unspecified atom stereocenters. The zero-order chi connectivity index (χ0) is 14.7. The zero-order valence-corrected chi connectivity index (χ0v) is 11.7. The van der Waals surface area contributed by atoms with Crippen molar-refractivity contribution in [2.24, 2.45) is 5.41 Å². The van der Waals surface area contributed by atoms with E-state index in [0.29, 0.717) is 6.08 Å². The maximum absolute atomic E-state index is 12.9. The molecule has 0 aromatic rings. The summed E-state index contributed by atoms with van der Waals surface area (Å²) < 4.78 is 38.8. The van der Waals surface area contributed by atoms with Crippen LogP contribution in [0.15, 0.2) is 11.8 Å². The summed E-state index contributed by atoms with van der Waals surface area (Å²) in [7, 11) is 0. The fraction of sp³-hybridized carbons (Fsp3) is 0.786. The highest BCUT2D eigenvalue weighted by molar-refractivity contribution is 5.94. The van der Waals surface area contributed by atoms with Crippen LogP contribution in [-0.2, 0) is 4.79 Å². The molecule has 0 atom stereocenters. The second-order valence-electron chi connectivity index (χ2n) is 6.15. The fourth-order valence-electron chi connectivity index (χ4n) is 2.02. The van der Waals surface area contributed by atoms with Gasteiger partial charge in [0.2, 0.25) is 0 Å². The molecular formula is C14H22F3NO. The number of ketones is 1. The molecule has 19 heavy (non-hydrogen) atoms. The number of hydrogen-bond donors (Lipinski definition) is 1. The van der Waals surface area contributed by atoms with Crippen molar-refractivity contribution in [2.45, 2.75) is 65.1 Å². The summed E-state index contributed by atoms with van der Waals surface area (Å²) in [5, 5.41) is 2.51. The largest absolute Gasteiger partial charge is 0.431 e. The molecule has 0 heterocycles. The molecule has 0 radical (unpaired) electrons. The molecule has 0 bridgehead atoms. The Bertz CT molecular complexity index is 347. The third-order valence-electron chi connectivity index (χ3n) is 3.28. The van der Waals surface area contributed by atoms with E-state index in [0.717, 1.165) is 32.1 Å². The topological polar surface area (TPSA) is 29.1 Å². The lowest BCUT2D eigenvalue weighted by Crippen LogP contribution is -2.37. The van der Waals surface area contributed by atoms with Gasteiger partial charge in [0.25, 0.3) is 0 Å². The summed E-state index contributed by atoms with van der Waals surface area (Å²) >= 11 is 0. The monoisotopic (exact) mass is 277 g/mol. The van der Waals surface area contributed by atoms with Crippen LogP contribution in [0.4, 0.5) is 13.2 Å². The average molecular weight is 277 g/mol. The van der Waals surface area contributed by atoms with Crippen LogP contribution in [0.25, 0.3) is 0 Å². The molecule has 2 nitrogen and oxygen atoms in total. The maximum Gasteiger partial charge on any atom is 0.431 e. The highest BCUT2D eigenvalue weighted by Crippen LogP contribution is 2.28. The standard InChI is InChI=1S/C14H22F3NO/c1-13(2,3)12(19)9-11(14(15,16)17)18-10-7-5-4-6-8-10/h9-10,18H,4-8H2,1-3H3/b11-9+. The molecule has 0 spiro atoms. The van der Waals surface area contributed by atoms with Gasteiger partial charge in [-0.15, -0.1) is 0 Å². The third kappa shape index (κ3) is 5.25. The van der Waals surface area contributed by atoms with Crippen molar-refractivity contribution in [1.29, 1.82) is 0 Å². The lowest BCUT2D eigenvalue weighted by molar-refractivity contribution is -0.123. The van der Waals surface area contributed by atoms with E-state index in [1.807, 2.05) is 0 Å². The van der Waals surface area contributed by atoms with Crippen molar-refractivity contribution in [2.75, 3.05) is 0 Å². The van der Waals surface area contributed by atoms with Crippen LogP contribution in [0.2, 0.25) is 0 Å². The van der Waals surface area contributed by atoms with Crippen molar-refractivity contribution in [3.05, 3.63) is 11.8 Å². The van der Waals surface area contributed by atoms with Crippen LogP contribution < -0.4 is 5.32 Å². The highest BCUT2D eigenvalue weighted by Gasteiger charge is 2.37. The predicted molar refractivity (Wildman–Crippen MR) is 68.6 cm³/mol. The average Bonchev–Trinajstić information content (AvgIpc) is 2.27. The maximum atomic E-state index is 12.9. The van der Waals surface area contributed by atoms with Gasteiger partial charge in [-0.1, -0.05) is 40.0 Å². The molecule has 5 heteroatoms. The lowest BCUT2D eigenvalue weighted by Gasteiger charge is -2.26. The van der Waals surface area contributed by atoms with Gasteiger partial charge in [-0.2, -0.15) is 13.2 Å². The first-order chi connectivity index (χ1) is 8.60. The first-order valence-electron chi connectivity index (χ1n) is 6.70. The second kappa shape index (κ2) is 5.97. The second-order valence-corrected chi connectivity index (χ2v) is 6.15. The summed E-state index contributed by atoms with van der Waals surface area (Å²) in [6.45, 7) is 4.83. The minimum atomic E-state index is -4.50. The van der Waals surface area contributed by atoms with Gasteiger partial charge >= 0.3 is 6.18 Å². The summed E-state index contributed by atoms with van der Waals surface area (Å²) in [6.07, 6.45) is 0.636. The van der Waals surface area contributed by atoms with E-state index in [9.17, 15) is 18.0 Å². The Morgan fingerprint density at radius 2 is 1.63 bits per heavy atom. The van der Waals surface area contributed by atoms with E-state index >= 15 is 0 Å². The number of alkyl halides is 3. The van der Waals surface area contributed by atoms with Crippen molar-refractivity contribution < 1.29 is 18.0 Å². The molecular weight excluding hydrogens is 255 g/mol. The Balaban J connectivity index is 2.83. The lowest BCUT2D eigenvalue weighted by atomic mass is 9.90. The minimum absolute atomic E-state index is 0.172. The summed E-state index contributed by atoms with van der Waals surface area (Å²) in [5.41, 5.74) is -1.70. The van der Waals surface area contributed by atoms with Gasteiger partial charge in [0, 0.05) is 17.5 Å². The number of carbonyl (C=O) groups excluding carboxylic acids is 1. The van der Waals surface area contributed by atoms with Gasteiger partial charge in [-0.3, -0.25) is 4.79 Å². The van der Waals surface area contributed by atoms with E-state index in [1.54, 1.807) is 20.8 Å². The molecule has 1 rings (SSSR count). The molecule has 1 aliphatic carbocycles. The first-order valence-corrected chi connectivity index (χ1v) is 6.70. The summed E-state index contributed by atoms with van der Waals surface area (Å²) in [4.78, 5) is 11.7. The van der Waals surface area contributed by atoms with Crippen molar-refractivity contribution >= 4 is 5.78 Å². The van der Waals surface area contributed by atoms with Crippen LogP contribution in [0.3, 0.4) is 0 Å². The number of hydrogen-bond acceptors (Lipinski definition) is 2. The fourth-order valence-corrected chi connectivity index (χ4v) is 2.02. The Morgan fingerprint density at radius 1 is 1.11 bits per heavy atom. The quantitative estimate of drug-likeness (QED) is 0.791. The Kier molecular flexibility index (Phi) is 5.04. The normalized spacial score (nSPS) is 19.4. The number of carbonyl (C=O) groups is 1. The van der Waals surface area contributed by atoms with Gasteiger partial charge in [0.15, 0.2) is 5.78 Å². The van der Waals surface area contributed by atoms with E-state index in [1.165, 1.54) is 0 Å². The SMILES string of the molecule is CC(C)(C)C(=O)/C=C(/NC1CCCCC1)C(F)(F)F. The summed E-state index contributed by atoms with van der Waals surface area (Å²) in [6, 6.07) is -0.172. The van der Waals surface area contributed by atoms with Crippen LogP contribution in [0.1, 0.15) is 52.9 Å². The molecule has 1 N–H and O–H groups in total. The van der Waals surface area contributed by atoms with Gasteiger partial charge in [0.1, 0.15) is 5.70 Å². The van der Waals surface area contributed by atoms with E-state index in [2.05, 4.69) is 5.32 Å². The number of nitrogens with one attached hydrogen (secondary N) is 1. The van der Waals surface area contributed by atoms with Gasteiger partial charge in [-0.25, -0.2) is 0 Å². The molecule has 1 aliphatic rings. The number of halogens is 3. The molecule has 0 saturated heterocycles. The minimum Gasteiger partial charge on any atom is -0.378 e. The molecule has 0 amide bonds. The van der Waals surface area contributed by atoms with Gasteiger partial charge < -0.3 is 5.32 Å². The Labute approximate surface area is 112 Å². The predicted octanol–water partition coefficient (Wildman–Crippen LogP) is 3.97. The van der Waals surface area contributed by atoms with E-state index < -0.39 is 23.1 Å². The van der Waals surface area contributed by atoms with Crippen LogP contribution in [-0.4, -0.2) is 18.0 Å². The van der Waals surface area contributed by atoms with Crippen LogP contribution in [0, 0.1) is 5.41 Å². The van der Waals surface area contributed by atoms with Crippen molar-refractivity contribution in [1.82, 2.24) is 5.32 Å². The first kappa shape index (κ1) is 16.1. The highest BCUT2D eigenvalue weighted by atomic mass is 19.4. The van der Waals surface area contributed by atoms with Crippen LogP contribution >= 0.6 is 0 Å². The molecule has 110 valence electrons. The molecule has 0 aromatic carbocycles. The number of allylic oxidation sites excluding steroid dienone is 2. The Hall–Kier alpha value is -1.00. The van der Waals surface area contributed by atoms with Gasteiger partial charge in [-0.05, 0) is 12.8 Å². The smallest absolute Gasteiger partial charge is 0.378 e. The van der Waals surface area contributed by atoms with E-state index in [-0.39, 0.29) is 6.04 Å². The molecule has 0 aliphatic heterocycles. The van der Waals surface area contributed by atoms with Gasteiger partial charge in [0.05, 0.1) is 0 Å². The van der Waals surface area contributed by atoms with Crippen LogP contribution in [0.5, 0.6) is 0 Å². The molecule has 0 aromatic heterocycles. The van der Waals surface area contributed by atoms with Crippen molar-refractivity contribution in [3.63, 3.8) is 0 Å². The summed E-state index contributed by atoms with van der Waals surface area (Å²) in [5.74, 6) is -0.511. The molecule has 1 fully saturated rings. The number of rotatable bonds is 3. The van der Waals surface area contributed by atoms with Crippen molar-refractivity contribution in [3.8, 4) is 0 Å². The Morgan fingerprint density at radius 3 is 2.05 bits per heavy atom. The van der Waals surface area contributed by atoms with E-state index in [4.69, 9.17) is 0 Å². The zero-order valence-electron chi connectivity index (χ0n) is 11.7. The third-order valence-corrected chi connectivity index (χ3v) is 3.28. The molecule has 1 saturated carbocycles.